The van der Waals surface area contributed by atoms with Crippen molar-refractivity contribution in [2.24, 2.45) is 5.92 Å². The number of methoxy groups -OCH3 is 1. The molecule has 0 saturated heterocycles. The van der Waals surface area contributed by atoms with E-state index in [1.165, 1.54) is 5.56 Å². The molecule has 0 aliphatic rings. The standard InChI is InChI=1S/C13H20O2.ClH/c1-4-13(14)10(2)8-11-6-5-7-12(9-11)15-3;/h5-7,9-10,13-14H,4,8H2,1-3H3;1H. The predicted molar refractivity (Wildman–Crippen MR) is 69.4 cm³/mol. The number of hydrogen-bond acceptors (Lipinski definition) is 2. The molecule has 1 rings (SSSR count). The summed E-state index contributed by atoms with van der Waals surface area (Å²) in [6.45, 7) is 4.08. The normalized spacial score (nSPS) is 13.8. The monoisotopic (exact) mass is 244 g/mol. The van der Waals surface area contributed by atoms with Crippen LogP contribution in [0.5, 0.6) is 5.75 Å². The first-order valence-corrected chi connectivity index (χ1v) is 5.48. The van der Waals surface area contributed by atoms with Gasteiger partial charge in [0, 0.05) is 0 Å². The van der Waals surface area contributed by atoms with E-state index in [0.29, 0.717) is 5.92 Å². The van der Waals surface area contributed by atoms with Crippen molar-refractivity contribution in [2.45, 2.75) is 32.8 Å². The summed E-state index contributed by atoms with van der Waals surface area (Å²) in [6, 6.07) is 8.02. The molecule has 1 aromatic carbocycles. The molecule has 0 heterocycles. The smallest absolute Gasteiger partial charge is 0.119 e. The minimum absolute atomic E-state index is 0. The molecular weight excluding hydrogens is 224 g/mol. The van der Waals surface area contributed by atoms with Gasteiger partial charge < -0.3 is 9.84 Å². The number of ether oxygens (including phenoxy) is 1. The molecule has 2 nitrogen and oxygen atoms in total. The second-order valence-corrected chi connectivity index (χ2v) is 4.01. The number of halogens is 1. The summed E-state index contributed by atoms with van der Waals surface area (Å²) in [5.41, 5.74) is 1.22. The Balaban J connectivity index is 0.00000225. The SMILES string of the molecule is CCC(O)C(C)Cc1cccc(OC)c1.Cl. The quantitative estimate of drug-likeness (QED) is 0.863. The highest BCUT2D eigenvalue weighted by Crippen LogP contribution is 2.18. The fourth-order valence-corrected chi connectivity index (χ4v) is 1.71. The molecule has 0 fully saturated rings. The summed E-state index contributed by atoms with van der Waals surface area (Å²) in [4.78, 5) is 0. The Bertz CT molecular complexity index is 302. The van der Waals surface area contributed by atoms with E-state index in [2.05, 4.69) is 13.0 Å². The summed E-state index contributed by atoms with van der Waals surface area (Å²) >= 11 is 0. The van der Waals surface area contributed by atoms with Crippen LogP contribution in [0.4, 0.5) is 0 Å². The Morgan fingerprint density at radius 2 is 2.06 bits per heavy atom. The zero-order valence-electron chi connectivity index (χ0n) is 10.1. The van der Waals surface area contributed by atoms with Crippen molar-refractivity contribution in [3.63, 3.8) is 0 Å². The van der Waals surface area contributed by atoms with Crippen molar-refractivity contribution in [1.82, 2.24) is 0 Å². The zero-order valence-corrected chi connectivity index (χ0v) is 11.0. The molecule has 0 aliphatic heterocycles. The van der Waals surface area contributed by atoms with E-state index in [1.54, 1.807) is 7.11 Å². The van der Waals surface area contributed by atoms with Crippen molar-refractivity contribution in [2.75, 3.05) is 7.11 Å². The highest BCUT2D eigenvalue weighted by atomic mass is 35.5. The van der Waals surface area contributed by atoms with E-state index in [1.807, 2.05) is 25.1 Å². The molecule has 16 heavy (non-hydrogen) atoms. The lowest BCUT2D eigenvalue weighted by Gasteiger charge is -2.17. The van der Waals surface area contributed by atoms with Gasteiger partial charge in [-0.15, -0.1) is 12.4 Å². The van der Waals surface area contributed by atoms with Crippen molar-refractivity contribution in [3.8, 4) is 5.75 Å². The molecular formula is C13H21ClO2. The van der Waals surface area contributed by atoms with E-state index in [-0.39, 0.29) is 18.5 Å². The highest BCUT2D eigenvalue weighted by molar-refractivity contribution is 5.85. The average Bonchev–Trinajstić information content (AvgIpc) is 2.28. The second-order valence-electron chi connectivity index (χ2n) is 4.01. The third-order valence-electron chi connectivity index (χ3n) is 2.77. The van der Waals surface area contributed by atoms with Crippen molar-refractivity contribution in [1.29, 1.82) is 0 Å². The fraction of sp³-hybridized carbons (Fsp3) is 0.538. The Hall–Kier alpha value is -0.730. The lowest BCUT2D eigenvalue weighted by molar-refractivity contribution is 0.112. The molecule has 0 bridgehead atoms. The maximum Gasteiger partial charge on any atom is 0.119 e. The summed E-state index contributed by atoms with van der Waals surface area (Å²) < 4.78 is 5.16. The van der Waals surface area contributed by atoms with Gasteiger partial charge in [0.25, 0.3) is 0 Å². The van der Waals surface area contributed by atoms with Crippen molar-refractivity contribution in [3.05, 3.63) is 29.8 Å². The summed E-state index contributed by atoms with van der Waals surface area (Å²) in [6.07, 6.45) is 1.49. The molecule has 0 radical (unpaired) electrons. The molecule has 0 saturated carbocycles. The first kappa shape index (κ1) is 15.3. The lowest BCUT2D eigenvalue weighted by atomic mass is 9.94. The van der Waals surface area contributed by atoms with Crippen LogP contribution in [0.15, 0.2) is 24.3 Å². The van der Waals surface area contributed by atoms with Gasteiger partial charge in [-0.05, 0) is 36.5 Å². The van der Waals surface area contributed by atoms with Crippen LogP contribution < -0.4 is 4.74 Å². The number of hydrogen-bond donors (Lipinski definition) is 1. The minimum atomic E-state index is -0.212. The van der Waals surface area contributed by atoms with Crippen LogP contribution in [0, 0.1) is 5.92 Å². The number of benzene rings is 1. The molecule has 0 amide bonds. The molecule has 2 unspecified atom stereocenters. The van der Waals surface area contributed by atoms with Gasteiger partial charge in [0.2, 0.25) is 0 Å². The maximum atomic E-state index is 9.68. The third-order valence-corrected chi connectivity index (χ3v) is 2.77. The van der Waals surface area contributed by atoms with Crippen LogP contribution in [0.25, 0.3) is 0 Å². The summed E-state index contributed by atoms with van der Waals surface area (Å²) in [5, 5.41) is 9.68. The van der Waals surface area contributed by atoms with Crippen molar-refractivity contribution < 1.29 is 9.84 Å². The Morgan fingerprint density at radius 1 is 1.38 bits per heavy atom. The van der Waals surface area contributed by atoms with Crippen LogP contribution in [-0.2, 0) is 6.42 Å². The van der Waals surface area contributed by atoms with E-state index in [4.69, 9.17) is 4.74 Å². The average molecular weight is 245 g/mol. The summed E-state index contributed by atoms with van der Waals surface area (Å²) in [5.74, 6) is 1.17. The largest absolute Gasteiger partial charge is 0.497 e. The Kier molecular flexibility index (Phi) is 7.18. The number of aliphatic hydroxyl groups excluding tert-OH is 1. The molecule has 1 aromatic rings. The fourth-order valence-electron chi connectivity index (χ4n) is 1.71. The van der Waals surface area contributed by atoms with Gasteiger partial charge >= 0.3 is 0 Å². The zero-order chi connectivity index (χ0) is 11.3. The van der Waals surface area contributed by atoms with E-state index < -0.39 is 0 Å². The first-order valence-electron chi connectivity index (χ1n) is 5.48. The Morgan fingerprint density at radius 3 is 2.62 bits per heavy atom. The van der Waals surface area contributed by atoms with Gasteiger partial charge in [-0.25, -0.2) is 0 Å². The Labute approximate surface area is 104 Å². The number of rotatable bonds is 5. The predicted octanol–water partition coefficient (Wildman–Crippen LogP) is 3.07. The molecule has 0 spiro atoms. The van der Waals surface area contributed by atoms with Crippen molar-refractivity contribution >= 4 is 12.4 Å². The molecule has 0 aromatic heterocycles. The third kappa shape index (κ3) is 4.42. The van der Waals surface area contributed by atoms with Gasteiger partial charge in [-0.3, -0.25) is 0 Å². The molecule has 2 atom stereocenters. The van der Waals surface area contributed by atoms with E-state index in [9.17, 15) is 5.11 Å². The van der Waals surface area contributed by atoms with Gasteiger partial charge in [0.1, 0.15) is 5.75 Å². The first-order chi connectivity index (χ1) is 7.17. The highest BCUT2D eigenvalue weighted by Gasteiger charge is 2.12. The van der Waals surface area contributed by atoms with Crippen LogP contribution >= 0.6 is 12.4 Å². The molecule has 92 valence electrons. The van der Waals surface area contributed by atoms with Gasteiger partial charge in [0.05, 0.1) is 13.2 Å². The maximum absolute atomic E-state index is 9.68. The topological polar surface area (TPSA) is 29.5 Å². The van der Waals surface area contributed by atoms with Gasteiger partial charge in [-0.2, -0.15) is 0 Å². The number of aliphatic hydroxyl groups is 1. The van der Waals surface area contributed by atoms with Gasteiger partial charge in [-0.1, -0.05) is 26.0 Å². The second kappa shape index (κ2) is 7.53. The summed E-state index contributed by atoms with van der Waals surface area (Å²) in [7, 11) is 1.67. The van der Waals surface area contributed by atoms with E-state index >= 15 is 0 Å². The molecule has 0 aliphatic carbocycles. The molecule has 1 N–H and O–H groups in total. The van der Waals surface area contributed by atoms with Crippen LogP contribution in [-0.4, -0.2) is 18.3 Å². The van der Waals surface area contributed by atoms with Crippen LogP contribution in [0.3, 0.4) is 0 Å². The molecule has 3 heteroatoms. The lowest BCUT2D eigenvalue weighted by Crippen LogP contribution is -2.18. The van der Waals surface area contributed by atoms with Crippen LogP contribution in [0.1, 0.15) is 25.8 Å². The van der Waals surface area contributed by atoms with Crippen LogP contribution in [0.2, 0.25) is 0 Å². The van der Waals surface area contributed by atoms with Gasteiger partial charge in [0.15, 0.2) is 0 Å². The minimum Gasteiger partial charge on any atom is -0.497 e. The van der Waals surface area contributed by atoms with E-state index in [0.717, 1.165) is 18.6 Å².